The minimum absolute atomic E-state index is 0.187. The minimum atomic E-state index is -0.187. The molecule has 1 aliphatic rings. The Morgan fingerprint density at radius 1 is 1.22 bits per heavy atom. The lowest BCUT2D eigenvalue weighted by molar-refractivity contribution is 0.229. The lowest BCUT2D eigenvalue weighted by Gasteiger charge is -2.26. The Bertz CT molecular complexity index is 624. The summed E-state index contributed by atoms with van der Waals surface area (Å²) in [6.07, 6.45) is 2.47. The summed E-state index contributed by atoms with van der Waals surface area (Å²) >= 11 is 7.60. The van der Waals surface area contributed by atoms with E-state index in [4.69, 9.17) is 11.6 Å². The molecule has 0 bridgehead atoms. The van der Waals surface area contributed by atoms with Gasteiger partial charge < -0.3 is 10.6 Å². The molecular formula is C17H20ClN3OS. The number of carbonyl (C=O) groups excluding carboxylic acids is 1. The summed E-state index contributed by atoms with van der Waals surface area (Å²) in [6, 6.07) is 11.4. The fraction of sp³-hybridized carbons (Fsp3) is 0.353. The molecule has 2 heterocycles. The van der Waals surface area contributed by atoms with Crippen LogP contribution in [0.3, 0.4) is 0 Å². The van der Waals surface area contributed by atoms with Crippen LogP contribution in [0.25, 0.3) is 0 Å². The van der Waals surface area contributed by atoms with Crippen molar-refractivity contribution in [3.8, 4) is 0 Å². The molecule has 1 fully saturated rings. The van der Waals surface area contributed by atoms with Gasteiger partial charge >= 0.3 is 6.03 Å². The average Bonchev–Trinajstić information content (AvgIpc) is 3.24. The van der Waals surface area contributed by atoms with E-state index in [9.17, 15) is 4.79 Å². The van der Waals surface area contributed by atoms with E-state index in [1.165, 1.54) is 17.7 Å². The number of halogens is 1. The highest BCUT2D eigenvalue weighted by Gasteiger charge is 2.24. The van der Waals surface area contributed by atoms with Crippen LogP contribution >= 0.6 is 22.9 Å². The molecule has 6 heteroatoms. The molecule has 1 aliphatic heterocycles. The molecule has 2 aromatic rings. The zero-order valence-electron chi connectivity index (χ0n) is 12.8. The van der Waals surface area contributed by atoms with Gasteiger partial charge in [-0.2, -0.15) is 0 Å². The van der Waals surface area contributed by atoms with Crippen molar-refractivity contribution >= 4 is 34.7 Å². The summed E-state index contributed by atoms with van der Waals surface area (Å²) in [4.78, 5) is 15.9. The van der Waals surface area contributed by atoms with E-state index in [0.717, 1.165) is 18.8 Å². The number of carbonyl (C=O) groups is 1. The summed E-state index contributed by atoms with van der Waals surface area (Å²) in [5, 5.41) is 8.57. The molecule has 1 atom stereocenters. The van der Waals surface area contributed by atoms with E-state index < -0.39 is 0 Å². The van der Waals surface area contributed by atoms with Crippen molar-refractivity contribution < 1.29 is 4.79 Å². The highest BCUT2D eigenvalue weighted by molar-refractivity contribution is 7.10. The molecule has 0 radical (unpaired) electrons. The number of nitrogens with zero attached hydrogens (tertiary/aromatic N) is 1. The Morgan fingerprint density at radius 3 is 2.61 bits per heavy atom. The molecular weight excluding hydrogens is 330 g/mol. The second-order valence-corrected chi connectivity index (χ2v) is 7.03. The van der Waals surface area contributed by atoms with Crippen molar-refractivity contribution in [3.05, 3.63) is 51.7 Å². The van der Waals surface area contributed by atoms with E-state index >= 15 is 0 Å². The van der Waals surface area contributed by atoms with Gasteiger partial charge in [0.25, 0.3) is 0 Å². The number of rotatable bonds is 5. The highest BCUT2D eigenvalue weighted by atomic mass is 35.5. The van der Waals surface area contributed by atoms with Gasteiger partial charge in [-0.25, -0.2) is 4.79 Å². The minimum Gasteiger partial charge on any atom is -0.336 e. The van der Waals surface area contributed by atoms with Gasteiger partial charge in [-0.1, -0.05) is 17.7 Å². The zero-order valence-corrected chi connectivity index (χ0v) is 14.4. The summed E-state index contributed by atoms with van der Waals surface area (Å²) in [5.74, 6) is 0. The summed E-state index contributed by atoms with van der Waals surface area (Å²) < 4.78 is 0. The lowest BCUT2D eigenvalue weighted by atomic mass is 10.2. The summed E-state index contributed by atoms with van der Waals surface area (Å²) in [6.45, 7) is 2.81. The van der Waals surface area contributed by atoms with Gasteiger partial charge in [0.05, 0.1) is 6.04 Å². The van der Waals surface area contributed by atoms with Gasteiger partial charge in [0.2, 0.25) is 0 Å². The fourth-order valence-corrected chi connectivity index (χ4v) is 3.83. The number of urea groups is 1. The Labute approximate surface area is 145 Å². The quantitative estimate of drug-likeness (QED) is 0.842. The van der Waals surface area contributed by atoms with Crippen molar-refractivity contribution in [3.63, 3.8) is 0 Å². The van der Waals surface area contributed by atoms with Gasteiger partial charge in [0.1, 0.15) is 0 Å². The Morgan fingerprint density at radius 2 is 1.96 bits per heavy atom. The first-order valence-electron chi connectivity index (χ1n) is 7.80. The molecule has 23 heavy (non-hydrogen) atoms. The largest absolute Gasteiger partial charge is 0.336 e. The molecule has 0 aliphatic carbocycles. The van der Waals surface area contributed by atoms with Crippen LogP contribution in [0.4, 0.5) is 10.5 Å². The van der Waals surface area contributed by atoms with E-state index in [0.29, 0.717) is 11.6 Å². The molecule has 0 spiro atoms. The molecule has 2 N–H and O–H groups in total. The summed E-state index contributed by atoms with van der Waals surface area (Å²) in [7, 11) is 0. The van der Waals surface area contributed by atoms with Crippen LogP contribution in [0.1, 0.15) is 23.8 Å². The standard InChI is InChI=1S/C17H20ClN3OS/c18-13-5-7-14(8-6-13)20-17(22)19-12-15(16-4-3-11-23-16)21-9-1-2-10-21/h3-8,11,15H,1-2,9-10,12H2,(H2,19,20,22)/t15-/m0/s1. The van der Waals surface area contributed by atoms with E-state index in [2.05, 4.69) is 33.0 Å². The maximum absolute atomic E-state index is 12.1. The number of hydrogen-bond acceptors (Lipinski definition) is 3. The lowest BCUT2D eigenvalue weighted by Crippen LogP contribution is -2.38. The van der Waals surface area contributed by atoms with Crippen LogP contribution in [0.15, 0.2) is 41.8 Å². The first-order chi connectivity index (χ1) is 11.2. The van der Waals surface area contributed by atoms with Gasteiger partial charge in [0.15, 0.2) is 0 Å². The zero-order chi connectivity index (χ0) is 16.1. The highest BCUT2D eigenvalue weighted by Crippen LogP contribution is 2.27. The van der Waals surface area contributed by atoms with Crippen LogP contribution in [-0.2, 0) is 0 Å². The molecule has 122 valence electrons. The third-order valence-corrected chi connectivity index (χ3v) is 5.24. The van der Waals surface area contributed by atoms with Crippen LogP contribution in [-0.4, -0.2) is 30.6 Å². The van der Waals surface area contributed by atoms with Crippen molar-refractivity contribution in [1.29, 1.82) is 0 Å². The maximum Gasteiger partial charge on any atom is 0.319 e. The SMILES string of the molecule is O=C(NC[C@@H](c1cccs1)N1CCCC1)Nc1ccc(Cl)cc1. The smallest absolute Gasteiger partial charge is 0.319 e. The van der Waals surface area contributed by atoms with Crippen LogP contribution in [0.2, 0.25) is 5.02 Å². The van der Waals surface area contributed by atoms with Crippen molar-refractivity contribution in [2.45, 2.75) is 18.9 Å². The second kappa shape index (κ2) is 7.81. The Hall–Kier alpha value is -1.56. The van der Waals surface area contributed by atoms with Gasteiger partial charge in [-0.15, -0.1) is 11.3 Å². The second-order valence-electron chi connectivity index (χ2n) is 5.62. The number of hydrogen-bond donors (Lipinski definition) is 2. The average molecular weight is 350 g/mol. The third kappa shape index (κ3) is 4.47. The van der Waals surface area contributed by atoms with Crippen LogP contribution in [0.5, 0.6) is 0 Å². The monoisotopic (exact) mass is 349 g/mol. The number of thiophene rings is 1. The predicted octanol–water partition coefficient (Wildman–Crippen LogP) is 4.36. The topological polar surface area (TPSA) is 44.4 Å². The Balaban J connectivity index is 1.57. The van der Waals surface area contributed by atoms with Crippen molar-refractivity contribution in [1.82, 2.24) is 10.2 Å². The number of amides is 2. The summed E-state index contributed by atoms with van der Waals surface area (Å²) in [5.41, 5.74) is 0.737. The number of benzene rings is 1. The van der Waals surface area contributed by atoms with E-state index in [-0.39, 0.29) is 12.1 Å². The molecule has 0 saturated carbocycles. The fourth-order valence-electron chi connectivity index (χ4n) is 2.84. The molecule has 1 saturated heterocycles. The van der Waals surface area contributed by atoms with Gasteiger partial charge in [-0.05, 0) is 61.6 Å². The van der Waals surface area contributed by atoms with Crippen molar-refractivity contribution in [2.75, 3.05) is 25.0 Å². The molecule has 2 amide bonds. The predicted molar refractivity (Wildman–Crippen MR) is 96.3 cm³/mol. The normalized spacial score (nSPS) is 16.2. The number of nitrogens with one attached hydrogen (secondary N) is 2. The first kappa shape index (κ1) is 16.3. The molecule has 0 unspecified atom stereocenters. The number of likely N-dealkylation sites (tertiary alicyclic amines) is 1. The number of anilines is 1. The van der Waals surface area contributed by atoms with Crippen LogP contribution in [0, 0.1) is 0 Å². The van der Waals surface area contributed by atoms with Crippen LogP contribution < -0.4 is 10.6 Å². The molecule has 4 nitrogen and oxygen atoms in total. The van der Waals surface area contributed by atoms with E-state index in [1.807, 2.05) is 0 Å². The third-order valence-electron chi connectivity index (χ3n) is 4.01. The Kier molecular flexibility index (Phi) is 5.54. The molecule has 1 aromatic carbocycles. The maximum atomic E-state index is 12.1. The van der Waals surface area contributed by atoms with Gasteiger partial charge in [0, 0.05) is 22.1 Å². The molecule has 3 rings (SSSR count). The molecule has 1 aromatic heterocycles. The van der Waals surface area contributed by atoms with E-state index in [1.54, 1.807) is 35.6 Å². The van der Waals surface area contributed by atoms with Gasteiger partial charge in [-0.3, -0.25) is 4.90 Å². The first-order valence-corrected chi connectivity index (χ1v) is 9.06. The van der Waals surface area contributed by atoms with Crippen molar-refractivity contribution in [2.24, 2.45) is 0 Å².